The Kier molecular flexibility index (Phi) is 4.26. The first-order chi connectivity index (χ1) is 4.26. The fourth-order valence-corrected chi connectivity index (χ4v) is 0.600. The van der Waals surface area contributed by atoms with Crippen LogP contribution in [-0.4, -0.2) is 30.6 Å². The molecule has 1 unspecified atom stereocenters. The van der Waals surface area contributed by atoms with E-state index in [2.05, 4.69) is 5.32 Å². The molecule has 54 valence electrons. The lowest BCUT2D eigenvalue weighted by Gasteiger charge is -2.08. The Hall–Kier alpha value is -0.410. The Bertz CT molecular complexity index is 89.1. The van der Waals surface area contributed by atoms with Gasteiger partial charge in [0.1, 0.15) is 0 Å². The van der Waals surface area contributed by atoms with Gasteiger partial charge < -0.3 is 10.4 Å². The van der Waals surface area contributed by atoms with Crippen LogP contribution < -0.4 is 5.32 Å². The molecular formula is C6H13NO2. The van der Waals surface area contributed by atoms with Crippen molar-refractivity contribution in [3.05, 3.63) is 0 Å². The van der Waals surface area contributed by atoms with Gasteiger partial charge >= 0.3 is 0 Å². The van der Waals surface area contributed by atoms with Crippen molar-refractivity contribution in [3.8, 4) is 0 Å². The molecule has 1 atom stereocenters. The Morgan fingerprint density at radius 2 is 2.33 bits per heavy atom. The number of likely N-dealkylation sites (N-methyl/N-ethyl adjacent to an activating group) is 1. The zero-order chi connectivity index (χ0) is 7.28. The molecule has 0 fully saturated rings. The van der Waals surface area contributed by atoms with Crippen molar-refractivity contribution in [2.75, 3.05) is 13.7 Å². The second kappa shape index (κ2) is 4.47. The largest absolute Gasteiger partial charge is 0.394 e. The Morgan fingerprint density at radius 3 is 2.44 bits per heavy atom. The maximum atomic E-state index is 10.8. The Labute approximate surface area is 55.1 Å². The van der Waals surface area contributed by atoms with Crippen molar-refractivity contribution in [2.45, 2.75) is 19.4 Å². The van der Waals surface area contributed by atoms with Crippen molar-refractivity contribution in [2.24, 2.45) is 0 Å². The summed E-state index contributed by atoms with van der Waals surface area (Å²) in [6, 6.07) is -0.366. The minimum atomic E-state index is -0.366. The van der Waals surface area contributed by atoms with E-state index in [1.165, 1.54) is 0 Å². The Morgan fingerprint density at radius 1 is 1.78 bits per heavy atom. The highest BCUT2D eigenvalue weighted by Gasteiger charge is 2.11. The molecule has 0 aromatic heterocycles. The standard InChI is InChI=1S/C6H13NO2/c1-3-6(9)5(4-8)7-2/h5,7-8H,3-4H2,1-2H3. The third-order valence-corrected chi connectivity index (χ3v) is 1.27. The van der Waals surface area contributed by atoms with Crippen molar-refractivity contribution >= 4 is 5.78 Å². The number of nitrogens with one attached hydrogen (secondary N) is 1. The molecule has 0 radical (unpaired) electrons. The summed E-state index contributed by atoms with van der Waals surface area (Å²) < 4.78 is 0. The molecule has 0 saturated carbocycles. The fourth-order valence-electron chi connectivity index (χ4n) is 0.600. The summed E-state index contributed by atoms with van der Waals surface area (Å²) in [5, 5.41) is 11.2. The first-order valence-corrected chi connectivity index (χ1v) is 3.07. The highest BCUT2D eigenvalue weighted by Crippen LogP contribution is 1.87. The number of ketones is 1. The van der Waals surface area contributed by atoms with E-state index in [9.17, 15) is 4.79 Å². The normalized spacial score (nSPS) is 13.2. The summed E-state index contributed by atoms with van der Waals surface area (Å²) in [5.41, 5.74) is 0. The second-order valence-corrected chi connectivity index (χ2v) is 1.84. The summed E-state index contributed by atoms with van der Waals surface area (Å²) in [4.78, 5) is 10.8. The average molecular weight is 131 g/mol. The van der Waals surface area contributed by atoms with Crippen LogP contribution in [-0.2, 0) is 4.79 Å². The molecule has 0 aliphatic rings. The van der Waals surface area contributed by atoms with E-state index in [1.807, 2.05) is 0 Å². The number of Topliss-reactive ketones (excluding diaryl/α,β-unsaturated/α-hetero) is 1. The van der Waals surface area contributed by atoms with Gasteiger partial charge in [0.15, 0.2) is 5.78 Å². The van der Waals surface area contributed by atoms with Gasteiger partial charge in [0.05, 0.1) is 12.6 Å². The molecule has 0 heterocycles. The number of hydrogen-bond acceptors (Lipinski definition) is 3. The van der Waals surface area contributed by atoms with Crippen LogP contribution in [0.3, 0.4) is 0 Å². The topological polar surface area (TPSA) is 49.3 Å². The summed E-state index contributed by atoms with van der Waals surface area (Å²) in [6.07, 6.45) is 0.478. The molecular weight excluding hydrogens is 118 g/mol. The van der Waals surface area contributed by atoms with Gasteiger partial charge in [0.2, 0.25) is 0 Å². The van der Waals surface area contributed by atoms with Crippen LogP contribution in [0.1, 0.15) is 13.3 Å². The molecule has 0 aliphatic carbocycles. The molecule has 0 aromatic rings. The van der Waals surface area contributed by atoms with Gasteiger partial charge in [-0.15, -0.1) is 0 Å². The number of aliphatic hydroxyl groups is 1. The molecule has 0 spiro atoms. The van der Waals surface area contributed by atoms with Crippen LogP contribution >= 0.6 is 0 Å². The van der Waals surface area contributed by atoms with Crippen molar-refractivity contribution in [1.29, 1.82) is 0 Å². The van der Waals surface area contributed by atoms with Gasteiger partial charge in [0.25, 0.3) is 0 Å². The van der Waals surface area contributed by atoms with Crippen LogP contribution in [0.5, 0.6) is 0 Å². The Balaban J connectivity index is 3.64. The van der Waals surface area contributed by atoms with Gasteiger partial charge in [-0.2, -0.15) is 0 Å². The first-order valence-electron chi connectivity index (χ1n) is 3.07. The highest BCUT2D eigenvalue weighted by molar-refractivity contribution is 5.83. The minimum Gasteiger partial charge on any atom is -0.394 e. The van der Waals surface area contributed by atoms with E-state index >= 15 is 0 Å². The zero-order valence-electron chi connectivity index (χ0n) is 5.85. The van der Waals surface area contributed by atoms with E-state index < -0.39 is 0 Å². The number of aliphatic hydroxyl groups excluding tert-OH is 1. The van der Waals surface area contributed by atoms with Gasteiger partial charge in [-0.1, -0.05) is 6.92 Å². The predicted molar refractivity (Wildman–Crippen MR) is 35.2 cm³/mol. The fraction of sp³-hybridized carbons (Fsp3) is 0.833. The molecule has 0 saturated heterocycles. The maximum Gasteiger partial charge on any atom is 0.151 e. The van der Waals surface area contributed by atoms with Gasteiger partial charge in [-0.05, 0) is 7.05 Å². The van der Waals surface area contributed by atoms with E-state index in [0.29, 0.717) is 6.42 Å². The molecule has 0 amide bonds. The number of carbonyl (C=O) groups excluding carboxylic acids is 1. The molecule has 0 aromatic carbocycles. The van der Waals surface area contributed by atoms with E-state index in [1.54, 1.807) is 14.0 Å². The number of hydrogen-bond donors (Lipinski definition) is 2. The van der Waals surface area contributed by atoms with Crippen LogP contribution in [0, 0.1) is 0 Å². The smallest absolute Gasteiger partial charge is 0.151 e. The first kappa shape index (κ1) is 8.59. The van der Waals surface area contributed by atoms with Crippen LogP contribution in [0.2, 0.25) is 0 Å². The molecule has 3 nitrogen and oxygen atoms in total. The maximum absolute atomic E-state index is 10.8. The van der Waals surface area contributed by atoms with Crippen molar-refractivity contribution < 1.29 is 9.90 Å². The van der Waals surface area contributed by atoms with E-state index in [4.69, 9.17) is 5.11 Å². The summed E-state index contributed by atoms with van der Waals surface area (Å²) in [5.74, 6) is 0.0556. The molecule has 0 rings (SSSR count). The minimum absolute atomic E-state index is 0.0556. The van der Waals surface area contributed by atoms with Gasteiger partial charge in [-0.25, -0.2) is 0 Å². The van der Waals surface area contributed by atoms with E-state index in [-0.39, 0.29) is 18.4 Å². The third-order valence-electron chi connectivity index (χ3n) is 1.27. The van der Waals surface area contributed by atoms with Crippen LogP contribution in [0.15, 0.2) is 0 Å². The van der Waals surface area contributed by atoms with E-state index in [0.717, 1.165) is 0 Å². The summed E-state index contributed by atoms with van der Waals surface area (Å²) in [7, 11) is 1.66. The number of carbonyl (C=O) groups is 1. The molecule has 0 bridgehead atoms. The quantitative estimate of drug-likeness (QED) is 0.543. The molecule has 2 N–H and O–H groups in total. The summed E-state index contributed by atoms with van der Waals surface area (Å²) in [6.45, 7) is 1.67. The predicted octanol–water partition coefficient (Wildman–Crippen LogP) is -0.454. The highest BCUT2D eigenvalue weighted by atomic mass is 16.3. The SMILES string of the molecule is CCC(=O)C(CO)NC. The van der Waals surface area contributed by atoms with Crippen LogP contribution in [0.4, 0.5) is 0 Å². The molecule has 0 aliphatic heterocycles. The molecule has 9 heavy (non-hydrogen) atoms. The second-order valence-electron chi connectivity index (χ2n) is 1.84. The third kappa shape index (κ3) is 2.58. The van der Waals surface area contributed by atoms with Gasteiger partial charge in [0, 0.05) is 6.42 Å². The lowest BCUT2D eigenvalue weighted by Crippen LogP contribution is -2.36. The number of rotatable bonds is 4. The lowest BCUT2D eigenvalue weighted by atomic mass is 10.1. The monoisotopic (exact) mass is 131 g/mol. The molecule has 3 heteroatoms. The summed E-state index contributed by atoms with van der Waals surface area (Å²) >= 11 is 0. The van der Waals surface area contributed by atoms with Gasteiger partial charge in [-0.3, -0.25) is 4.79 Å². The zero-order valence-corrected chi connectivity index (χ0v) is 5.85. The van der Waals surface area contributed by atoms with Crippen molar-refractivity contribution in [3.63, 3.8) is 0 Å². The lowest BCUT2D eigenvalue weighted by molar-refractivity contribution is -0.121. The van der Waals surface area contributed by atoms with Crippen LogP contribution in [0.25, 0.3) is 0 Å². The van der Waals surface area contributed by atoms with Crippen molar-refractivity contribution in [1.82, 2.24) is 5.32 Å². The average Bonchev–Trinajstić information content (AvgIpc) is 1.90.